The van der Waals surface area contributed by atoms with Gasteiger partial charge in [0.2, 0.25) is 0 Å². The van der Waals surface area contributed by atoms with E-state index in [1.807, 2.05) is 91.0 Å². The van der Waals surface area contributed by atoms with Crippen molar-refractivity contribution in [3.63, 3.8) is 0 Å². The number of pyridine rings is 1. The molecule has 0 saturated carbocycles. The molecule has 0 bridgehead atoms. The first-order valence-electron chi connectivity index (χ1n) is 12.7. The molecule has 3 aromatic carbocycles. The topological polar surface area (TPSA) is 61.4 Å². The molecule has 0 aliphatic rings. The van der Waals surface area contributed by atoms with Crippen molar-refractivity contribution < 1.29 is 17.9 Å². The number of methoxy groups -OCH3 is 1. The van der Waals surface area contributed by atoms with Crippen LogP contribution in [0, 0.1) is 0 Å². The smallest absolute Gasteiger partial charge is 0.434 e. The zero-order chi connectivity index (χ0) is 28.6. The van der Waals surface area contributed by atoms with Gasteiger partial charge in [-0.25, -0.2) is 9.97 Å². The van der Waals surface area contributed by atoms with E-state index in [1.54, 1.807) is 4.57 Å². The van der Waals surface area contributed by atoms with Crippen LogP contribution in [0.25, 0.3) is 16.9 Å². The molecule has 0 aliphatic heterocycles. The van der Waals surface area contributed by atoms with Gasteiger partial charge in [0.05, 0.1) is 24.7 Å². The molecule has 9 heteroatoms. The van der Waals surface area contributed by atoms with Crippen LogP contribution in [0.5, 0.6) is 5.75 Å². The van der Waals surface area contributed by atoms with E-state index in [1.165, 1.54) is 38.0 Å². The Kier molecular flexibility index (Phi) is 6.42. The van der Waals surface area contributed by atoms with Crippen LogP contribution in [-0.4, -0.2) is 26.0 Å². The summed E-state index contributed by atoms with van der Waals surface area (Å²) in [5, 5.41) is 0. The van der Waals surface area contributed by atoms with Gasteiger partial charge in [-0.1, -0.05) is 91.0 Å². The van der Waals surface area contributed by atoms with Gasteiger partial charge < -0.3 is 9.30 Å². The van der Waals surface area contributed by atoms with Crippen LogP contribution in [-0.2, 0) is 11.7 Å². The first-order valence-corrected chi connectivity index (χ1v) is 12.7. The highest BCUT2D eigenvalue weighted by molar-refractivity contribution is 5.65. The molecule has 0 aliphatic carbocycles. The second-order valence-electron chi connectivity index (χ2n) is 9.41. The van der Waals surface area contributed by atoms with E-state index in [2.05, 4.69) is 9.97 Å². The highest BCUT2D eigenvalue weighted by Crippen LogP contribution is 2.42. The van der Waals surface area contributed by atoms with Crippen molar-refractivity contribution in [3.8, 4) is 17.0 Å². The fourth-order valence-corrected chi connectivity index (χ4v) is 5.30. The molecule has 0 radical (unpaired) electrons. The van der Waals surface area contributed by atoms with Crippen molar-refractivity contribution >= 4 is 5.65 Å². The second kappa shape index (κ2) is 10.1. The minimum Gasteiger partial charge on any atom is -0.497 e. The zero-order valence-electron chi connectivity index (χ0n) is 21.8. The third kappa shape index (κ3) is 4.35. The van der Waals surface area contributed by atoms with Gasteiger partial charge in [0.1, 0.15) is 16.9 Å². The van der Waals surface area contributed by atoms with E-state index in [9.17, 15) is 18.0 Å². The zero-order valence-corrected chi connectivity index (χ0v) is 21.8. The third-order valence-electron chi connectivity index (χ3n) is 7.11. The quantitative estimate of drug-likeness (QED) is 0.224. The molecule has 204 valence electrons. The van der Waals surface area contributed by atoms with Gasteiger partial charge in [-0.15, -0.1) is 0 Å². The Balaban J connectivity index is 1.66. The van der Waals surface area contributed by atoms with Crippen molar-refractivity contribution in [1.82, 2.24) is 18.9 Å². The van der Waals surface area contributed by atoms with Crippen LogP contribution in [0.1, 0.15) is 22.4 Å². The number of alkyl halides is 3. The van der Waals surface area contributed by atoms with Crippen LogP contribution in [0.3, 0.4) is 0 Å². The van der Waals surface area contributed by atoms with Crippen molar-refractivity contribution in [2.45, 2.75) is 11.7 Å². The van der Waals surface area contributed by atoms with Gasteiger partial charge in [0.15, 0.2) is 5.69 Å². The molecule has 0 saturated heterocycles. The van der Waals surface area contributed by atoms with Crippen molar-refractivity contribution in [2.24, 2.45) is 0 Å². The monoisotopic (exact) mass is 552 g/mol. The molecule has 0 unspecified atom stereocenters. The maximum absolute atomic E-state index is 14.4. The van der Waals surface area contributed by atoms with E-state index in [4.69, 9.17) is 4.74 Å². The summed E-state index contributed by atoms with van der Waals surface area (Å²) >= 11 is 0. The lowest BCUT2D eigenvalue weighted by Gasteiger charge is -2.37. The van der Waals surface area contributed by atoms with Crippen molar-refractivity contribution in [3.05, 3.63) is 155 Å². The standard InChI is InChI=1S/C32H23F3N4O2/c1-41-25-17-18-39-27(19-25)37-29(32(33,34)35)28(30(39)40)26-20-38(21-36-26)31(22-11-5-2-6-12-22,23-13-7-3-8-14-23)24-15-9-4-10-16-24/h2-21H,1H3. The van der Waals surface area contributed by atoms with Gasteiger partial charge >= 0.3 is 6.18 Å². The normalized spacial score (nSPS) is 12.0. The maximum Gasteiger partial charge on any atom is 0.434 e. The Hall–Kier alpha value is -5.18. The number of nitrogens with zero attached hydrogens (tertiary/aromatic N) is 4. The summed E-state index contributed by atoms with van der Waals surface area (Å²) in [6, 6.07) is 31.7. The predicted octanol–water partition coefficient (Wildman–Crippen LogP) is 6.43. The van der Waals surface area contributed by atoms with Crippen molar-refractivity contribution in [2.75, 3.05) is 7.11 Å². The van der Waals surface area contributed by atoms with E-state index in [0.29, 0.717) is 0 Å². The molecule has 0 atom stereocenters. The van der Waals surface area contributed by atoms with E-state index in [-0.39, 0.29) is 17.1 Å². The number of hydrogen-bond acceptors (Lipinski definition) is 4. The lowest BCUT2D eigenvalue weighted by molar-refractivity contribution is -0.140. The molecule has 41 heavy (non-hydrogen) atoms. The largest absolute Gasteiger partial charge is 0.497 e. The van der Waals surface area contributed by atoms with Gasteiger partial charge in [-0.2, -0.15) is 13.2 Å². The molecule has 0 N–H and O–H groups in total. The predicted molar refractivity (Wildman–Crippen MR) is 149 cm³/mol. The molecule has 0 spiro atoms. The molecule has 6 nitrogen and oxygen atoms in total. The van der Waals surface area contributed by atoms with Gasteiger partial charge in [-0.05, 0) is 22.8 Å². The average Bonchev–Trinajstić information content (AvgIpc) is 3.48. The molecular formula is C32H23F3N4O2. The van der Waals surface area contributed by atoms with Gasteiger partial charge in [0.25, 0.3) is 5.56 Å². The second-order valence-corrected chi connectivity index (χ2v) is 9.41. The highest BCUT2D eigenvalue weighted by atomic mass is 19.4. The summed E-state index contributed by atoms with van der Waals surface area (Å²) in [7, 11) is 1.38. The Labute approximate surface area is 233 Å². The van der Waals surface area contributed by atoms with Crippen LogP contribution in [0.15, 0.2) is 127 Å². The van der Waals surface area contributed by atoms with Crippen molar-refractivity contribution in [1.29, 1.82) is 0 Å². The molecule has 0 fully saturated rings. The summed E-state index contributed by atoms with van der Waals surface area (Å²) in [5.41, 5.74) is -1.60. The summed E-state index contributed by atoms with van der Waals surface area (Å²) < 4.78 is 51.1. The Bertz CT molecular complexity index is 1790. The number of halogens is 3. The number of hydrogen-bond donors (Lipinski definition) is 0. The molecule has 3 heterocycles. The van der Waals surface area contributed by atoms with E-state index in [0.717, 1.165) is 21.1 Å². The maximum atomic E-state index is 14.4. The Morgan fingerprint density at radius 1 is 0.780 bits per heavy atom. The lowest BCUT2D eigenvalue weighted by atomic mass is 9.77. The summed E-state index contributed by atoms with van der Waals surface area (Å²) in [6.45, 7) is 0. The van der Waals surface area contributed by atoms with Crippen LogP contribution < -0.4 is 10.3 Å². The van der Waals surface area contributed by atoms with Gasteiger partial charge in [0, 0.05) is 18.5 Å². The van der Waals surface area contributed by atoms with Gasteiger partial charge in [-0.3, -0.25) is 9.20 Å². The first kappa shape index (κ1) is 26.1. The number of benzene rings is 3. The van der Waals surface area contributed by atoms with E-state index < -0.39 is 28.5 Å². The average molecular weight is 553 g/mol. The molecule has 6 aromatic rings. The number of rotatable bonds is 6. The Morgan fingerprint density at radius 3 is 1.80 bits per heavy atom. The minimum atomic E-state index is -4.91. The fourth-order valence-electron chi connectivity index (χ4n) is 5.30. The Morgan fingerprint density at radius 2 is 1.32 bits per heavy atom. The third-order valence-corrected chi connectivity index (χ3v) is 7.11. The molecule has 0 amide bonds. The molecule has 6 rings (SSSR count). The summed E-state index contributed by atoms with van der Waals surface area (Å²) in [5.74, 6) is 0.278. The fraction of sp³-hybridized carbons (Fsp3) is 0.0938. The summed E-state index contributed by atoms with van der Waals surface area (Å²) in [4.78, 5) is 21.8. The molecule has 3 aromatic heterocycles. The highest BCUT2D eigenvalue weighted by Gasteiger charge is 2.41. The number of fused-ring (bicyclic) bond motifs is 1. The summed E-state index contributed by atoms with van der Waals surface area (Å²) in [6.07, 6.45) is -0.626. The number of aromatic nitrogens is 4. The number of imidazole rings is 1. The first-order chi connectivity index (χ1) is 19.8. The van der Waals surface area contributed by atoms with E-state index >= 15 is 0 Å². The van der Waals surface area contributed by atoms with Crippen LogP contribution in [0.2, 0.25) is 0 Å². The van der Waals surface area contributed by atoms with Crippen LogP contribution in [0.4, 0.5) is 13.2 Å². The SMILES string of the molecule is COc1ccn2c(=O)c(-c3cn(C(c4ccccc4)(c4ccccc4)c4ccccc4)cn3)c(C(F)(F)F)nc2c1. The lowest BCUT2D eigenvalue weighted by Crippen LogP contribution is -2.37. The minimum absolute atomic E-state index is 0.146. The molecular weight excluding hydrogens is 529 g/mol. The van der Waals surface area contributed by atoms with Crippen LogP contribution >= 0.6 is 0 Å². The number of ether oxygens (including phenoxy) is 1.